The molecule has 0 radical (unpaired) electrons. The third-order valence-corrected chi connectivity index (χ3v) is 2.48. The molecule has 0 atom stereocenters. The Bertz CT molecular complexity index is 588. The molecule has 3 nitrogen and oxygen atoms in total. The van der Waals surface area contributed by atoms with E-state index in [9.17, 15) is 8.78 Å². The van der Waals surface area contributed by atoms with Crippen molar-refractivity contribution in [2.75, 3.05) is 7.05 Å². The van der Waals surface area contributed by atoms with E-state index in [1.54, 1.807) is 6.07 Å². The highest BCUT2D eigenvalue weighted by atomic mass is 19.1. The van der Waals surface area contributed by atoms with E-state index in [4.69, 9.17) is 4.74 Å². The van der Waals surface area contributed by atoms with Crippen LogP contribution >= 0.6 is 0 Å². The zero-order chi connectivity index (χ0) is 13.8. The van der Waals surface area contributed by atoms with Gasteiger partial charge in [0, 0.05) is 24.4 Å². The van der Waals surface area contributed by atoms with Crippen molar-refractivity contribution < 1.29 is 13.5 Å². The Hall–Kier alpha value is -2.01. The Labute approximate surface area is 110 Å². The molecule has 1 aromatic carbocycles. The first kappa shape index (κ1) is 13.4. The summed E-state index contributed by atoms with van der Waals surface area (Å²) in [7, 11) is 1.83. The number of aryl methyl sites for hydroxylation is 1. The maximum atomic E-state index is 13.5. The summed E-state index contributed by atoms with van der Waals surface area (Å²) in [6.45, 7) is 2.48. The number of hydrogen-bond donors (Lipinski definition) is 1. The quantitative estimate of drug-likeness (QED) is 0.921. The average molecular weight is 264 g/mol. The van der Waals surface area contributed by atoms with E-state index in [0.29, 0.717) is 6.54 Å². The maximum absolute atomic E-state index is 13.5. The number of ether oxygens (including phenoxy) is 1. The fourth-order valence-corrected chi connectivity index (χ4v) is 1.74. The Morgan fingerprint density at radius 2 is 2.00 bits per heavy atom. The lowest BCUT2D eigenvalue weighted by Crippen LogP contribution is -2.06. The first-order valence-corrected chi connectivity index (χ1v) is 5.83. The van der Waals surface area contributed by atoms with Gasteiger partial charge in [0.2, 0.25) is 5.88 Å². The van der Waals surface area contributed by atoms with E-state index >= 15 is 0 Å². The molecule has 1 N–H and O–H groups in total. The highest BCUT2D eigenvalue weighted by Gasteiger charge is 2.08. The van der Waals surface area contributed by atoms with Gasteiger partial charge in [-0.05, 0) is 37.7 Å². The van der Waals surface area contributed by atoms with Crippen LogP contribution in [0.25, 0.3) is 0 Å². The van der Waals surface area contributed by atoms with Gasteiger partial charge in [0.15, 0.2) is 11.6 Å². The highest BCUT2D eigenvalue weighted by Crippen LogP contribution is 2.24. The molecule has 2 aromatic rings. The van der Waals surface area contributed by atoms with Crippen LogP contribution in [0, 0.1) is 18.6 Å². The van der Waals surface area contributed by atoms with E-state index in [0.717, 1.165) is 23.4 Å². The Morgan fingerprint density at radius 1 is 1.21 bits per heavy atom. The summed E-state index contributed by atoms with van der Waals surface area (Å²) in [6, 6.07) is 6.78. The standard InChI is InChI=1S/C14H14F2N2O/c1-9-5-10(8-17-2)6-14(18-9)19-13-4-3-11(15)7-12(13)16/h3-7,17H,8H2,1-2H3. The molecule has 19 heavy (non-hydrogen) atoms. The van der Waals surface area contributed by atoms with Crippen LogP contribution in [0.15, 0.2) is 30.3 Å². The SMILES string of the molecule is CNCc1cc(C)nc(Oc2ccc(F)cc2F)c1. The Balaban J connectivity index is 2.27. The number of rotatable bonds is 4. The average Bonchev–Trinajstić information content (AvgIpc) is 2.32. The number of nitrogens with zero attached hydrogens (tertiary/aromatic N) is 1. The molecule has 5 heteroatoms. The number of pyridine rings is 1. The van der Waals surface area contributed by atoms with Gasteiger partial charge in [0.05, 0.1) is 0 Å². The van der Waals surface area contributed by atoms with Crippen molar-refractivity contribution in [3.8, 4) is 11.6 Å². The van der Waals surface area contributed by atoms with Crippen LogP contribution in [-0.2, 0) is 6.54 Å². The van der Waals surface area contributed by atoms with E-state index < -0.39 is 11.6 Å². The number of hydrogen-bond acceptors (Lipinski definition) is 3. The van der Waals surface area contributed by atoms with Gasteiger partial charge in [-0.25, -0.2) is 13.8 Å². The number of nitrogens with one attached hydrogen (secondary N) is 1. The molecule has 2 rings (SSSR count). The smallest absolute Gasteiger partial charge is 0.219 e. The second-order valence-corrected chi connectivity index (χ2v) is 4.16. The van der Waals surface area contributed by atoms with E-state index in [1.807, 2.05) is 20.0 Å². The lowest BCUT2D eigenvalue weighted by atomic mass is 10.2. The predicted molar refractivity (Wildman–Crippen MR) is 68.2 cm³/mol. The Morgan fingerprint density at radius 3 is 2.68 bits per heavy atom. The van der Waals surface area contributed by atoms with Gasteiger partial charge in [-0.3, -0.25) is 0 Å². The molecular weight excluding hydrogens is 250 g/mol. The summed E-state index contributed by atoms with van der Waals surface area (Å²) in [6.07, 6.45) is 0. The summed E-state index contributed by atoms with van der Waals surface area (Å²) in [5.74, 6) is -1.15. The van der Waals surface area contributed by atoms with Crippen molar-refractivity contribution in [2.45, 2.75) is 13.5 Å². The van der Waals surface area contributed by atoms with Crippen LogP contribution in [0.1, 0.15) is 11.3 Å². The van der Waals surface area contributed by atoms with Crippen LogP contribution in [0.5, 0.6) is 11.6 Å². The molecule has 0 spiro atoms. The van der Waals surface area contributed by atoms with E-state index in [2.05, 4.69) is 10.3 Å². The minimum atomic E-state index is -0.751. The minimum absolute atomic E-state index is 0.0464. The highest BCUT2D eigenvalue weighted by molar-refractivity contribution is 5.31. The molecule has 0 saturated carbocycles. The van der Waals surface area contributed by atoms with Crippen molar-refractivity contribution in [2.24, 2.45) is 0 Å². The summed E-state index contributed by atoms with van der Waals surface area (Å²) in [5.41, 5.74) is 1.75. The van der Waals surface area contributed by atoms with Gasteiger partial charge in [-0.15, -0.1) is 0 Å². The van der Waals surface area contributed by atoms with Crippen LogP contribution in [0.3, 0.4) is 0 Å². The normalized spacial score (nSPS) is 10.5. The topological polar surface area (TPSA) is 34.2 Å². The van der Waals surface area contributed by atoms with Crippen molar-refractivity contribution in [3.05, 3.63) is 53.2 Å². The lowest BCUT2D eigenvalue weighted by Gasteiger charge is -2.09. The molecule has 0 aliphatic rings. The molecule has 0 aliphatic heterocycles. The van der Waals surface area contributed by atoms with Gasteiger partial charge in [-0.1, -0.05) is 0 Å². The first-order chi connectivity index (χ1) is 9.08. The minimum Gasteiger partial charge on any atom is -0.436 e. The molecule has 1 heterocycles. The molecule has 1 aromatic heterocycles. The summed E-state index contributed by atoms with van der Waals surface area (Å²) in [4.78, 5) is 4.16. The zero-order valence-electron chi connectivity index (χ0n) is 10.7. The monoisotopic (exact) mass is 264 g/mol. The predicted octanol–water partition coefficient (Wildman–Crippen LogP) is 3.18. The molecule has 0 bridgehead atoms. The molecule has 0 aliphatic carbocycles. The number of benzene rings is 1. The van der Waals surface area contributed by atoms with Gasteiger partial charge in [-0.2, -0.15) is 0 Å². The maximum Gasteiger partial charge on any atom is 0.219 e. The summed E-state index contributed by atoms with van der Waals surface area (Å²) >= 11 is 0. The van der Waals surface area contributed by atoms with Gasteiger partial charge in [0.25, 0.3) is 0 Å². The molecule has 0 saturated heterocycles. The van der Waals surface area contributed by atoms with Crippen LogP contribution < -0.4 is 10.1 Å². The van der Waals surface area contributed by atoms with Crippen molar-refractivity contribution in [1.82, 2.24) is 10.3 Å². The second-order valence-electron chi connectivity index (χ2n) is 4.16. The molecule has 0 amide bonds. The molecule has 0 fully saturated rings. The van der Waals surface area contributed by atoms with Gasteiger partial charge in [0.1, 0.15) is 5.82 Å². The van der Waals surface area contributed by atoms with Crippen LogP contribution in [0.2, 0.25) is 0 Å². The van der Waals surface area contributed by atoms with Crippen molar-refractivity contribution in [3.63, 3.8) is 0 Å². The third-order valence-electron chi connectivity index (χ3n) is 2.48. The lowest BCUT2D eigenvalue weighted by molar-refractivity contribution is 0.422. The third kappa shape index (κ3) is 3.48. The first-order valence-electron chi connectivity index (χ1n) is 5.83. The van der Waals surface area contributed by atoms with E-state index in [-0.39, 0.29) is 11.6 Å². The van der Waals surface area contributed by atoms with Gasteiger partial charge >= 0.3 is 0 Å². The van der Waals surface area contributed by atoms with Crippen LogP contribution in [-0.4, -0.2) is 12.0 Å². The van der Waals surface area contributed by atoms with Crippen LogP contribution in [0.4, 0.5) is 8.78 Å². The fourth-order valence-electron chi connectivity index (χ4n) is 1.74. The molecule has 0 unspecified atom stereocenters. The molecule has 100 valence electrons. The zero-order valence-corrected chi connectivity index (χ0v) is 10.7. The number of aromatic nitrogens is 1. The fraction of sp³-hybridized carbons (Fsp3) is 0.214. The summed E-state index contributed by atoms with van der Waals surface area (Å²) in [5, 5.41) is 3.01. The Kier molecular flexibility index (Phi) is 4.06. The number of halogens is 2. The van der Waals surface area contributed by atoms with Gasteiger partial charge < -0.3 is 10.1 Å². The van der Waals surface area contributed by atoms with E-state index in [1.165, 1.54) is 6.07 Å². The summed E-state index contributed by atoms with van der Waals surface area (Å²) < 4.78 is 31.6. The second kappa shape index (κ2) is 5.75. The largest absolute Gasteiger partial charge is 0.436 e. The van der Waals surface area contributed by atoms with Crippen molar-refractivity contribution >= 4 is 0 Å². The van der Waals surface area contributed by atoms with Crippen molar-refractivity contribution in [1.29, 1.82) is 0 Å². The molecular formula is C14H14F2N2O.